The normalized spacial score (nSPS) is 13.2. The lowest BCUT2D eigenvalue weighted by Crippen LogP contribution is -2.10. The molecule has 0 unspecified atom stereocenters. The predicted octanol–water partition coefficient (Wildman–Crippen LogP) is 1.65. The highest BCUT2D eigenvalue weighted by Gasteiger charge is 1.94. The van der Waals surface area contributed by atoms with Crippen molar-refractivity contribution in [3.05, 3.63) is 22.0 Å². The Hall–Kier alpha value is -0.830. The Balaban J connectivity index is 3.22. The van der Waals surface area contributed by atoms with E-state index < -0.39 is 0 Å². The first kappa shape index (κ1) is 8.27. The minimum atomic E-state index is 1.05. The summed E-state index contributed by atoms with van der Waals surface area (Å²) in [4.78, 5) is 5.17. The molecule has 0 amide bonds. The third-order valence-electron chi connectivity index (χ3n) is 1.49. The van der Waals surface area contributed by atoms with Crippen LogP contribution in [0.15, 0.2) is 16.4 Å². The van der Waals surface area contributed by atoms with E-state index in [2.05, 4.69) is 21.0 Å². The zero-order valence-corrected chi connectivity index (χ0v) is 7.85. The number of hydrogen-bond donors (Lipinski definition) is 0. The van der Waals surface area contributed by atoms with Gasteiger partial charge in [0.05, 0.1) is 5.69 Å². The van der Waals surface area contributed by atoms with Crippen LogP contribution in [0.3, 0.4) is 0 Å². The molecular formula is C8H12N2S. The first-order valence-electron chi connectivity index (χ1n) is 3.49. The molecule has 1 aromatic rings. The van der Waals surface area contributed by atoms with Gasteiger partial charge in [-0.3, -0.25) is 4.99 Å². The Morgan fingerprint density at radius 1 is 1.64 bits per heavy atom. The van der Waals surface area contributed by atoms with E-state index in [9.17, 15) is 0 Å². The molecule has 0 spiro atoms. The Kier molecular flexibility index (Phi) is 2.65. The van der Waals surface area contributed by atoms with Crippen LogP contribution in [0.5, 0.6) is 0 Å². The quantitative estimate of drug-likeness (QED) is 0.606. The number of thiazole rings is 1. The van der Waals surface area contributed by atoms with Gasteiger partial charge in [0.25, 0.3) is 0 Å². The summed E-state index contributed by atoms with van der Waals surface area (Å²) in [5.74, 6) is 0. The molecule has 1 aromatic heterocycles. The lowest BCUT2D eigenvalue weighted by molar-refractivity contribution is 0.856. The molecule has 0 saturated heterocycles. The minimum absolute atomic E-state index is 1.05. The van der Waals surface area contributed by atoms with Gasteiger partial charge < -0.3 is 4.57 Å². The van der Waals surface area contributed by atoms with Gasteiger partial charge in [0.15, 0.2) is 4.80 Å². The lowest BCUT2D eigenvalue weighted by atomic mass is 10.4. The molecule has 0 aliphatic carbocycles. The molecule has 3 heteroatoms. The van der Waals surface area contributed by atoms with Gasteiger partial charge in [0.1, 0.15) is 0 Å². The molecule has 0 saturated carbocycles. The average Bonchev–Trinajstić information content (AvgIpc) is 2.34. The lowest BCUT2D eigenvalue weighted by Gasteiger charge is -1.93. The Labute approximate surface area is 70.5 Å². The van der Waals surface area contributed by atoms with E-state index in [1.807, 2.05) is 27.1 Å². The van der Waals surface area contributed by atoms with Crippen molar-refractivity contribution in [3.63, 3.8) is 0 Å². The highest BCUT2D eigenvalue weighted by Crippen LogP contribution is 2.01. The molecule has 0 N–H and O–H groups in total. The van der Waals surface area contributed by atoms with Crippen LogP contribution in [0.4, 0.5) is 0 Å². The fraction of sp³-hybridized carbons (Fsp3) is 0.375. The molecule has 0 atom stereocenters. The van der Waals surface area contributed by atoms with Crippen molar-refractivity contribution < 1.29 is 0 Å². The van der Waals surface area contributed by atoms with Crippen LogP contribution in [0.1, 0.15) is 12.6 Å². The highest BCUT2D eigenvalue weighted by molar-refractivity contribution is 7.07. The van der Waals surface area contributed by atoms with Crippen molar-refractivity contribution in [3.8, 4) is 0 Å². The topological polar surface area (TPSA) is 17.3 Å². The van der Waals surface area contributed by atoms with E-state index in [1.54, 1.807) is 11.3 Å². The smallest absolute Gasteiger partial charge is 0.184 e. The predicted molar refractivity (Wildman–Crippen MR) is 49.5 cm³/mol. The van der Waals surface area contributed by atoms with Crippen LogP contribution in [0, 0.1) is 0 Å². The van der Waals surface area contributed by atoms with Crippen LogP contribution in [-0.4, -0.2) is 11.6 Å². The van der Waals surface area contributed by atoms with E-state index in [0.717, 1.165) is 4.80 Å². The number of rotatable bonds is 1. The largest absolute Gasteiger partial charge is 0.320 e. The summed E-state index contributed by atoms with van der Waals surface area (Å²) in [6.45, 7) is 2.01. The first-order valence-corrected chi connectivity index (χ1v) is 4.37. The SMILES string of the molecule is C/C=C\c1csc(=NC)n1C. The zero-order chi connectivity index (χ0) is 8.27. The zero-order valence-electron chi connectivity index (χ0n) is 7.03. The van der Waals surface area contributed by atoms with E-state index in [0.29, 0.717) is 0 Å². The number of allylic oxidation sites excluding steroid dienone is 1. The molecule has 0 fully saturated rings. The third kappa shape index (κ3) is 1.60. The van der Waals surface area contributed by atoms with Gasteiger partial charge in [0.2, 0.25) is 0 Å². The summed E-state index contributed by atoms with van der Waals surface area (Å²) in [5.41, 5.74) is 1.21. The first-order chi connectivity index (χ1) is 5.29. The van der Waals surface area contributed by atoms with Gasteiger partial charge >= 0.3 is 0 Å². The average molecular weight is 168 g/mol. The molecule has 11 heavy (non-hydrogen) atoms. The second-order valence-corrected chi connectivity index (χ2v) is 3.06. The highest BCUT2D eigenvalue weighted by atomic mass is 32.1. The molecule has 0 radical (unpaired) electrons. The molecule has 2 nitrogen and oxygen atoms in total. The van der Waals surface area contributed by atoms with E-state index in [-0.39, 0.29) is 0 Å². The van der Waals surface area contributed by atoms with Crippen LogP contribution in [-0.2, 0) is 7.05 Å². The minimum Gasteiger partial charge on any atom is -0.320 e. The van der Waals surface area contributed by atoms with Crippen molar-refractivity contribution in [1.82, 2.24) is 4.57 Å². The van der Waals surface area contributed by atoms with Gasteiger partial charge in [-0.1, -0.05) is 6.08 Å². The number of hydrogen-bond acceptors (Lipinski definition) is 2. The van der Waals surface area contributed by atoms with Gasteiger partial charge in [-0.15, -0.1) is 11.3 Å². The van der Waals surface area contributed by atoms with E-state index >= 15 is 0 Å². The second kappa shape index (κ2) is 3.53. The second-order valence-electron chi connectivity index (χ2n) is 2.23. The van der Waals surface area contributed by atoms with Crippen LogP contribution in [0.2, 0.25) is 0 Å². The molecule has 0 aliphatic heterocycles. The van der Waals surface area contributed by atoms with E-state index in [4.69, 9.17) is 0 Å². The van der Waals surface area contributed by atoms with Gasteiger partial charge in [-0.2, -0.15) is 0 Å². The Bertz CT molecular complexity index is 317. The summed E-state index contributed by atoms with van der Waals surface area (Å²) in [7, 11) is 3.83. The Morgan fingerprint density at radius 2 is 2.36 bits per heavy atom. The van der Waals surface area contributed by atoms with Crippen molar-refractivity contribution in [1.29, 1.82) is 0 Å². The maximum atomic E-state index is 4.12. The van der Waals surface area contributed by atoms with Crippen molar-refractivity contribution in [2.45, 2.75) is 6.92 Å². The van der Waals surface area contributed by atoms with Crippen molar-refractivity contribution in [2.24, 2.45) is 12.0 Å². The molecule has 60 valence electrons. The molecule has 1 heterocycles. The van der Waals surface area contributed by atoms with Gasteiger partial charge in [-0.05, 0) is 13.0 Å². The van der Waals surface area contributed by atoms with Crippen LogP contribution >= 0.6 is 11.3 Å². The fourth-order valence-electron chi connectivity index (χ4n) is 0.906. The standard InChI is InChI=1S/C8H12N2S/c1-4-5-7-6-11-8(9-2)10(7)3/h4-6H,1-3H3/b5-4-,9-8?. The molecule has 1 rings (SSSR count). The fourth-order valence-corrected chi connectivity index (χ4v) is 1.74. The molecule has 0 aromatic carbocycles. The summed E-state index contributed by atoms with van der Waals surface area (Å²) >= 11 is 1.66. The van der Waals surface area contributed by atoms with E-state index in [1.165, 1.54) is 5.69 Å². The summed E-state index contributed by atoms with van der Waals surface area (Å²) < 4.78 is 2.07. The summed E-state index contributed by atoms with van der Waals surface area (Å²) in [5, 5.41) is 2.10. The van der Waals surface area contributed by atoms with Crippen molar-refractivity contribution in [2.75, 3.05) is 7.05 Å². The van der Waals surface area contributed by atoms with Crippen molar-refractivity contribution >= 4 is 17.4 Å². The molecule has 0 bridgehead atoms. The molecule has 0 aliphatic rings. The third-order valence-corrected chi connectivity index (χ3v) is 2.51. The van der Waals surface area contributed by atoms with Crippen LogP contribution in [0.25, 0.3) is 6.08 Å². The maximum absolute atomic E-state index is 4.12. The summed E-state index contributed by atoms with van der Waals surface area (Å²) in [6, 6.07) is 0. The number of nitrogens with zero attached hydrogens (tertiary/aromatic N) is 2. The van der Waals surface area contributed by atoms with Gasteiger partial charge in [0, 0.05) is 19.5 Å². The molecular weight excluding hydrogens is 156 g/mol. The maximum Gasteiger partial charge on any atom is 0.184 e. The Morgan fingerprint density at radius 3 is 2.82 bits per heavy atom. The monoisotopic (exact) mass is 168 g/mol. The summed E-state index contributed by atoms with van der Waals surface area (Å²) in [6.07, 6.45) is 4.10. The van der Waals surface area contributed by atoms with Crippen LogP contribution < -0.4 is 4.80 Å². The van der Waals surface area contributed by atoms with Gasteiger partial charge in [-0.25, -0.2) is 0 Å². The number of aromatic nitrogens is 1.